The van der Waals surface area contributed by atoms with Gasteiger partial charge in [0.05, 0.1) is 5.69 Å². The minimum Gasteiger partial charge on any atom is -0.403 e. The van der Waals surface area contributed by atoms with E-state index in [1.807, 2.05) is 6.92 Å². The first-order valence-corrected chi connectivity index (χ1v) is 7.14. The summed E-state index contributed by atoms with van der Waals surface area (Å²) in [5, 5.41) is 7.56. The van der Waals surface area contributed by atoms with Crippen molar-refractivity contribution in [2.75, 3.05) is 0 Å². The van der Waals surface area contributed by atoms with Crippen LogP contribution in [0.5, 0.6) is 5.75 Å². The summed E-state index contributed by atoms with van der Waals surface area (Å²) in [4.78, 5) is 0. The van der Waals surface area contributed by atoms with Crippen molar-refractivity contribution < 1.29 is 17.9 Å². The predicted molar refractivity (Wildman–Crippen MR) is 74.7 cm³/mol. The van der Waals surface area contributed by atoms with Crippen LogP contribution < -0.4 is 4.74 Å². The zero-order valence-electron chi connectivity index (χ0n) is 10.8. The Labute approximate surface area is 132 Å². The number of alkyl halides is 3. The van der Waals surface area contributed by atoms with Crippen LogP contribution in [0.1, 0.15) is 19.2 Å². The molecule has 9 heteroatoms. The van der Waals surface area contributed by atoms with Crippen LogP contribution in [0.25, 0.3) is 5.69 Å². The van der Waals surface area contributed by atoms with Gasteiger partial charge in [0, 0.05) is 10.9 Å². The Hall–Kier alpha value is -1.28. The van der Waals surface area contributed by atoms with Crippen LogP contribution >= 0.6 is 27.5 Å². The van der Waals surface area contributed by atoms with Crippen LogP contribution in [-0.2, 0) is 6.42 Å². The normalized spacial score (nSPS) is 11.7. The second-order valence-electron chi connectivity index (χ2n) is 4.13. The molecule has 0 aliphatic heterocycles. The van der Waals surface area contributed by atoms with E-state index < -0.39 is 6.36 Å². The van der Waals surface area contributed by atoms with Crippen LogP contribution in [0, 0.1) is 0 Å². The number of hydrogen-bond acceptors (Lipinski definition) is 3. The highest BCUT2D eigenvalue weighted by atomic mass is 79.9. The number of aryl methyl sites for hydroxylation is 1. The molecule has 0 saturated carbocycles. The van der Waals surface area contributed by atoms with Gasteiger partial charge < -0.3 is 4.74 Å². The average molecular weight is 385 g/mol. The summed E-state index contributed by atoms with van der Waals surface area (Å²) in [7, 11) is 0. The van der Waals surface area contributed by atoms with Crippen molar-refractivity contribution in [2.45, 2.75) is 26.1 Å². The van der Waals surface area contributed by atoms with Crippen LogP contribution in [0.15, 0.2) is 22.7 Å². The second-order valence-corrected chi connectivity index (χ2v) is 5.38. The van der Waals surface area contributed by atoms with Crippen LogP contribution in [0.2, 0.25) is 5.28 Å². The molecule has 0 aliphatic rings. The van der Waals surface area contributed by atoms with Crippen LogP contribution in [0.4, 0.5) is 13.2 Å². The van der Waals surface area contributed by atoms with Crippen molar-refractivity contribution in [1.29, 1.82) is 0 Å². The highest BCUT2D eigenvalue weighted by Gasteiger charge is 2.33. The van der Waals surface area contributed by atoms with E-state index >= 15 is 0 Å². The molecule has 1 aromatic heterocycles. The minimum absolute atomic E-state index is 0.0206. The van der Waals surface area contributed by atoms with E-state index in [0.717, 1.165) is 6.42 Å². The monoisotopic (exact) mass is 383 g/mol. The van der Waals surface area contributed by atoms with Crippen molar-refractivity contribution >= 4 is 27.5 Å². The smallest absolute Gasteiger partial charge is 0.403 e. The first kappa shape index (κ1) is 16.1. The number of nitrogens with zero attached hydrogens (tertiary/aromatic N) is 3. The molecule has 0 bridgehead atoms. The number of hydrogen-bond donors (Lipinski definition) is 0. The second kappa shape index (κ2) is 6.23. The van der Waals surface area contributed by atoms with Crippen LogP contribution in [-0.4, -0.2) is 21.1 Å². The standard InChI is InChI=1S/C12H10BrClF3N3O/c1-2-3-10-18-19-11(14)20(10)8-5-4-7(13)6-9(8)21-12(15,16)17/h4-6H,2-3H2,1H3. The van der Waals surface area contributed by atoms with Gasteiger partial charge in [0.2, 0.25) is 5.28 Å². The zero-order valence-corrected chi connectivity index (χ0v) is 13.1. The van der Waals surface area contributed by atoms with Crippen molar-refractivity contribution in [3.8, 4) is 11.4 Å². The lowest BCUT2D eigenvalue weighted by molar-refractivity contribution is -0.274. The molecule has 0 fully saturated rings. The summed E-state index contributed by atoms with van der Waals surface area (Å²) in [6, 6.07) is 4.26. The third-order valence-corrected chi connectivity index (χ3v) is 3.29. The van der Waals surface area contributed by atoms with Gasteiger partial charge in [-0.3, -0.25) is 4.57 Å². The number of halogens is 5. The molecule has 0 saturated heterocycles. The summed E-state index contributed by atoms with van der Waals surface area (Å²) in [6.45, 7) is 1.92. The van der Waals surface area contributed by atoms with E-state index in [9.17, 15) is 13.2 Å². The predicted octanol–water partition coefficient (Wildman–Crippen LogP) is 4.53. The first-order chi connectivity index (χ1) is 9.81. The Morgan fingerprint density at radius 3 is 2.67 bits per heavy atom. The van der Waals surface area contributed by atoms with Gasteiger partial charge in [0.1, 0.15) is 5.82 Å². The highest BCUT2D eigenvalue weighted by Crippen LogP contribution is 2.33. The Morgan fingerprint density at radius 2 is 2.05 bits per heavy atom. The maximum Gasteiger partial charge on any atom is 0.573 e. The molecule has 4 nitrogen and oxygen atoms in total. The van der Waals surface area contributed by atoms with Gasteiger partial charge in [-0.05, 0) is 36.2 Å². The Bertz CT molecular complexity index is 645. The molecule has 0 N–H and O–H groups in total. The fourth-order valence-electron chi connectivity index (χ4n) is 1.80. The summed E-state index contributed by atoms with van der Waals surface area (Å²) < 4.78 is 43.5. The van der Waals surface area contributed by atoms with E-state index in [2.05, 4.69) is 30.9 Å². The van der Waals surface area contributed by atoms with E-state index in [-0.39, 0.29) is 16.7 Å². The number of benzene rings is 1. The van der Waals surface area contributed by atoms with Gasteiger partial charge in [-0.2, -0.15) is 0 Å². The van der Waals surface area contributed by atoms with Crippen molar-refractivity contribution in [2.24, 2.45) is 0 Å². The van der Waals surface area contributed by atoms with Crippen molar-refractivity contribution in [3.05, 3.63) is 33.8 Å². The zero-order chi connectivity index (χ0) is 15.6. The van der Waals surface area contributed by atoms with Gasteiger partial charge in [0.15, 0.2) is 5.75 Å². The van der Waals surface area contributed by atoms with E-state index in [1.54, 1.807) is 6.07 Å². The molecule has 21 heavy (non-hydrogen) atoms. The molecular weight excluding hydrogens is 375 g/mol. The van der Waals surface area contributed by atoms with E-state index in [0.29, 0.717) is 16.7 Å². The molecular formula is C12H10BrClF3N3O. The van der Waals surface area contributed by atoms with E-state index in [1.165, 1.54) is 16.7 Å². The molecule has 0 spiro atoms. The molecule has 0 atom stereocenters. The van der Waals surface area contributed by atoms with Crippen molar-refractivity contribution in [3.63, 3.8) is 0 Å². The average Bonchev–Trinajstić information content (AvgIpc) is 2.70. The highest BCUT2D eigenvalue weighted by molar-refractivity contribution is 9.10. The topological polar surface area (TPSA) is 39.9 Å². The maximum absolute atomic E-state index is 12.5. The van der Waals surface area contributed by atoms with Gasteiger partial charge >= 0.3 is 6.36 Å². The number of rotatable bonds is 4. The fraction of sp³-hybridized carbons (Fsp3) is 0.333. The third-order valence-electron chi connectivity index (χ3n) is 2.55. The molecule has 0 aliphatic carbocycles. The summed E-state index contributed by atoms with van der Waals surface area (Å²) in [5.41, 5.74) is 0.133. The minimum atomic E-state index is -4.80. The SMILES string of the molecule is CCCc1nnc(Cl)n1-c1ccc(Br)cc1OC(F)(F)F. The maximum atomic E-state index is 12.5. The summed E-state index contributed by atoms with van der Waals surface area (Å²) in [5.74, 6) is 0.0905. The third kappa shape index (κ3) is 3.88. The number of ether oxygens (including phenoxy) is 1. The molecule has 2 rings (SSSR count). The van der Waals surface area contributed by atoms with Gasteiger partial charge in [0.25, 0.3) is 0 Å². The molecule has 114 valence electrons. The number of aromatic nitrogens is 3. The molecule has 1 aromatic carbocycles. The lowest BCUT2D eigenvalue weighted by Crippen LogP contribution is -2.18. The Balaban J connectivity index is 2.56. The van der Waals surface area contributed by atoms with Gasteiger partial charge in [-0.15, -0.1) is 23.4 Å². The molecule has 1 heterocycles. The Morgan fingerprint density at radius 1 is 1.33 bits per heavy atom. The fourth-order valence-corrected chi connectivity index (χ4v) is 2.36. The van der Waals surface area contributed by atoms with Crippen LogP contribution in [0.3, 0.4) is 0 Å². The molecule has 0 radical (unpaired) electrons. The largest absolute Gasteiger partial charge is 0.573 e. The first-order valence-electron chi connectivity index (χ1n) is 5.97. The van der Waals surface area contributed by atoms with Gasteiger partial charge in [-0.1, -0.05) is 22.9 Å². The molecule has 0 unspecified atom stereocenters. The van der Waals surface area contributed by atoms with E-state index in [4.69, 9.17) is 11.6 Å². The Kier molecular flexibility index (Phi) is 4.77. The molecule has 0 amide bonds. The quantitative estimate of drug-likeness (QED) is 0.777. The van der Waals surface area contributed by atoms with Gasteiger partial charge in [-0.25, -0.2) is 0 Å². The molecule has 2 aromatic rings. The summed E-state index contributed by atoms with van der Waals surface area (Å²) >= 11 is 9.05. The lowest BCUT2D eigenvalue weighted by Gasteiger charge is -2.15. The lowest BCUT2D eigenvalue weighted by atomic mass is 10.2. The van der Waals surface area contributed by atoms with Crippen molar-refractivity contribution in [1.82, 2.24) is 14.8 Å². The summed E-state index contributed by atoms with van der Waals surface area (Å²) in [6.07, 6.45) is -3.52.